The fourth-order valence-electron chi connectivity index (χ4n) is 5.51. The van der Waals surface area contributed by atoms with Crippen molar-refractivity contribution in [3.05, 3.63) is 76.7 Å². The van der Waals surface area contributed by atoms with Gasteiger partial charge in [0.15, 0.2) is 0 Å². The molecule has 1 aliphatic rings. The predicted octanol–water partition coefficient (Wildman–Crippen LogP) is 7.33. The van der Waals surface area contributed by atoms with Gasteiger partial charge in [0.25, 0.3) is 0 Å². The van der Waals surface area contributed by atoms with E-state index in [9.17, 15) is 35.5 Å². The first kappa shape index (κ1) is 35.1. The molecule has 0 unspecified atom stereocenters. The molecule has 13 heteroatoms. The molecular weight excluding hydrogens is 617 g/mol. The zero-order chi connectivity index (χ0) is 34.0. The van der Waals surface area contributed by atoms with Gasteiger partial charge in [-0.1, -0.05) is 6.07 Å². The van der Waals surface area contributed by atoms with E-state index >= 15 is 0 Å². The average Bonchev–Trinajstić information content (AvgIpc) is 3.00. The third-order valence-corrected chi connectivity index (χ3v) is 8.35. The van der Waals surface area contributed by atoms with Crippen LogP contribution in [-0.4, -0.2) is 68.8 Å². The third-order valence-electron chi connectivity index (χ3n) is 8.35. The van der Waals surface area contributed by atoms with Crippen LogP contribution in [0.2, 0.25) is 0 Å². The minimum absolute atomic E-state index is 0.0321. The Morgan fingerprint density at radius 1 is 0.913 bits per heavy atom. The number of carbonyl (C=O) groups is 1. The van der Waals surface area contributed by atoms with Crippen molar-refractivity contribution in [2.45, 2.75) is 45.5 Å². The van der Waals surface area contributed by atoms with E-state index in [4.69, 9.17) is 4.74 Å². The van der Waals surface area contributed by atoms with Crippen LogP contribution >= 0.6 is 0 Å². The van der Waals surface area contributed by atoms with Crippen molar-refractivity contribution in [2.24, 2.45) is 0 Å². The molecule has 1 saturated heterocycles. The molecule has 3 aromatic rings. The van der Waals surface area contributed by atoms with Gasteiger partial charge in [-0.3, -0.25) is 9.69 Å². The molecule has 0 radical (unpaired) electrons. The lowest BCUT2D eigenvalue weighted by Crippen LogP contribution is -2.42. The van der Waals surface area contributed by atoms with Crippen LogP contribution in [0.5, 0.6) is 0 Å². The second-order valence-electron chi connectivity index (χ2n) is 11.8. The van der Waals surface area contributed by atoms with Gasteiger partial charge in [-0.05, 0) is 80.8 Å². The first-order valence-electron chi connectivity index (χ1n) is 14.8. The normalized spacial score (nSPS) is 14.8. The smallest absolute Gasteiger partial charge is 0.379 e. The quantitative estimate of drug-likeness (QED) is 0.226. The van der Waals surface area contributed by atoms with Gasteiger partial charge in [0, 0.05) is 45.3 Å². The Labute approximate surface area is 263 Å². The SMILES string of the molecule is CCN(CCN1CCOCC1)c1cc(-c2ccc(F)cc2C)c(N(C)C(=O)C(C)(C)c2cc(C(F)(F)F)cc(C(F)(F)F)c2)cn1. The van der Waals surface area contributed by atoms with Crippen LogP contribution in [0.25, 0.3) is 11.1 Å². The van der Waals surface area contributed by atoms with Crippen molar-refractivity contribution in [1.29, 1.82) is 0 Å². The number of likely N-dealkylation sites (N-methyl/N-ethyl adjacent to an activating group) is 2. The van der Waals surface area contributed by atoms with Crippen LogP contribution < -0.4 is 9.80 Å². The number of carbonyl (C=O) groups excluding carboxylic acids is 1. The molecule has 46 heavy (non-hydrogen) atoms. The fraction of sp³-hybridized carbons (Fsp3) is 0.455. The number of alkyl halides is 6. The zero-order valence-corrected chi connectivity index (χ0v) is 26.3. The summed E-state index contributed by atoms with van der Waals surface area (Å²) < 4.78 is 101. The summed E-state index contributed by atoms with van der Waals surface area (Å²) in [7, 11) is 1.39. The summed E-state index contributed by atoms with van der Waals surface area (Å²) in [5.74, 6) is -0.644. The second kappa shape index (κ2) is 13.6. The number of hydrogen-bond donors (Lipinski definition) is 0. The first-order chi connectivity index (χ1) is 21.4. The monoisotopic (exact) mass is 654 g/mol. The molecule has 2 aromatic carbocycles. The largest absolute Gasteiger partial charge is 0.416 e. The molecule has 0 spiro atoms. The van der Waals surface area contributed by atoms with Crippen LogP contribution in [0.4, 0.5) is 42.2 Å². The maximum absolute atomic E-state index is 14.1. The van der Waals surface area contributed by atoms with Gasteiger partial charge in [0.05, 0.1) is 41.6 Å². The molecule has 6 nitrogen and oxygen atoms in total. The molecule has 0 bridgehead atoms. The summed E-state index contributed by atoms with van der Waals surface area (Å²) in [6.07, 6.45) is -8.69. The van der Waals surface area contributed by atoms with Crippen molar-refractivity contribution in [3.8, 4) is 11.1 Å². The number of aryl methyl sites for hydroxylation is 1. The number of benzene rings is 2. The highest BCUT2D eigenvalue weighted by Crippen LogP contribution is 2.41. The van der Waals surface area contributed by atoms with Crippen LogP contribution in [0.15, 0.2) is 48.7 Å². The lowest BCUT2D eigenvalue weighted by Gasteiger charge is -2.33. The minimum atomic E-state index is -5.07. The topological polar surface area (TPSA) is 48.9 Å². The Morgan fingerprint density at radius 2 is 1.50 bits per heavy atom. The minimum Gasteiger partial charge on any atom is -0.379 e. The van der Waals surface area contributed by atoms with Gasteiger partial charge in [-0.2, -0.15) is 26.3 Å². The van der Waals surface area contributed by atoms with E-state index in [0.29, 0.717) is 60.9 Å². The predicted molar refractivity (Wildman–Crippen MR) is 162 cm³/mol. The Bertz CT molecular complexity index is 1520. The highest BCUT2D eigenvalue weighted by atomic mass is 19.4. The van der Waals surface area contributed by atoms with Crippen LogP contribution in [0, 0.1) is 12.7 Å². The van der Waals surface area contributed by atoms with Gasteiger partial charge in [0.2, 0.25) is 5.91 Å². The van der Waals surface area contributed by atoms with Gasteiger partial charge in [0.1, 0.15) is 11.6 Å². The summed E-state index contributed by atoms with van der Waals surface area (Å²) in [6, 6.07) is 7.11. The van der Waals surface area contributed by atoms with Gasteiger partial charge in [-0.25, -0.2) is 9.37 Å². The molecule has 0 saturated carbocycles. The Morgan fingerprint density at radius 3 is 2.04 bits per heavy atom. The summed E-state index contributed by atoms with van der Waals surface area (Å²) in [5.41, 5.74) is -3.39. The number of nitrogens with zero attached hydrogens (tertiary/aromatic N) is 4. The molecule has 0 aliphatic carbocycles. The Balaban J connectivity index is 1.76. The Hall–Kier alpha value is -3.71. The van der Waals surface area contributed by atoms with E-state index in [-0.39, 0.29) is 11.8 Å². The lowest BCUT2D eigenvalue weighted by molar-refractivity contribution is -0.143. The number of halogens is 7. The standard InChI is InChI=1S/C33H37F7N4O2/c1-6-44(10-9-43-11-13-46-14-12-43)29-19-27(26-8-7-25(34)15-21(26)2)28(20-41-29)42(5)30(45)31(3,4)22-16-23(32(35,36)37)18-24(17-22)33(38,39)40/h7-8,15-20H,6,9-14H2,1-5H3. The maximum Gasteiger partial charge on any atom is 0.416 e. The molecular formula is C33H37F7N4O2. The highest BCUT2D eigenvalue weighted by Gasteiger charge is 2.41. The molecule has 0 N–H and O–H groups in total. The van der Waals surface area contributed by atoms with Crippen molar-refractivity contribution < 1.29 is 40.3 Å². The molecule has 1 aliphatic heterocycles. The van der Waals surface area contributed by atoms with Crippen molar-refractivity contribution in [1.82, 2.24) is 9.88 Å². The van der Waals surface area contributed by atoms with Crippen LogP contribution in [0.1, 0.15) is 43.0 Å². The molecule has 0 atom stereocenters. The maximum atomic E-state index is 14.1. The van der Waals surface area contributed by atoms with Crippen LogP contribution in [0.3, 0.4) is 0 Å². The summed E-state index contributed by atoms with van der Waals surface area (Å²) in [6.45, 7) is 11.2. The number of amides is 1. The number of morpholine rings is 1. The number of aromatic nitrogens is 1. The molecule has 1 aromatic heterocycles. The van der Waals surface area contributed by atoms with Gasteiger partial charge in [-0.15, -0.1) is 0 Å². The summed E-state index contributed by atoms with van der Waals surface area (Å²) in [4.78, 5) is 24.1. The molecule has 1 fully saturated rings. The lowest BCUT2D eigenvalue weighted by atomic mass is 9.81. The van der Waals surface area contributed by atoms with Gasteiger partial charge >= 0.3 is 12.4 Å². The summed E-state index contributed by atoms with van der Waals surface area (Å²) in [5, 5.41) is 0. The fourth-order valence-corrected chi connectivity index (χ4v) is 5.51. The third kappa shape index (κ3) is 7.80. The van der Waals surface area contributed by atoms with E-state index in [2.05, 4.69) is 14.8 Å². The number of rotatable bonds is 9. The molecule has 4 rings (SSSR count). The number of ether oxygens (including phenoxy) is 1. The second-order valence-corrected chi connectivity index (χ2v) is 11.8. The van der Waals surface area contributed by atoms with E-state index in [0.717, 1.165) is 19.6 Å². The molecule has 2 heterocycles. The van der Waals surface area contributed by atoms with Crippen molar-refractivity contribution in [2.75, 3.05) is 62.8 Å². The highest BCUT2D eigenvalue weighted by molar-refractivity contribution is 6.03. The van der Waals surface area contributed by atoms with Gasteiger partial charge < -0.3 is 14.5 Å². The van der Waals surface area contributed by atoms with E-state index in [1.807, 2.05) is 6.92 Å². The van der Waals surface area contributed by atoms with E-state index in [1.165, 1.54) is 44.1 Å². The van der Waals surface area contributed by atoms with Crippen LogP contribution in [-0.2, 0) is 27.3 Å². The van der Waals surface area contributed by atoms with E-state index in [1.54, 1.807) is 19.1 Å². The summed E-state index contributed by atoms with van der Waals surface area (Å²) >= 11 is 0. The number of anilines is 2. The molecule has 1 amide bonds. The molecule has 250 valence electrons. The van der Waals surface area contributed by atoms with E-state index < -0.39 is 46.2 Å². The zero-order valence-electron chi connectivity index (χ0n) is 26.3. The number of hydrogen-bond acceptors (Lipinski definition) is 5. The number of pyridine rings is 1. The average molecular weight is 655 g/mol. The Kier molecular flexibility index (Phi) is 10.4. The first-order valence-corrected chi connectivity index (χ1v) is 14.8. The van der Waals surface area contributed by atoms with Crippen molar-refractivity contribution >= 4 is 17.4 Å². The van der Waals surface area contributed by atoms with Crippen molar-refractivity contribution in [3.63, 3.8) is 0 Å².